The number of methoxy groups -OCH3 is 2. The van der Waals surface area contributed by atoms with E-state index in [9.17, 15) is 10.2 Å². The fraction of sp³-hybridized carbons (Fsp3) is 0.150. The van der Waals surface area contributed by atoms with Gasteiger partial charge in [0.05, 0.1) is 25.0 Å². The van der Waals surface area contributed by atoms with Gasteiger partial charge >= 0.3 is 0 Å². The number of aromatic hydroxyl groups is 2. The van der Waals surface area contributed by atoms with E-state index in [0.29, 0.717) is 16.9 Å². The second kappa shape index (κ2) is 6.53. The van der Waals surface area contributed by atoms with Crippen LogP contribution in [0.2, 0.25) is 0 Å². The zero-order valence-electron chi connectivity index (χ0n) is 14.6. The van der Waals surface area contributed by atoms with Crippen LogP contribution >= 0.6 is 0 Å². The third-order valence-electron chi connectivity index (χ3n) is 4.68. The number of halogens is 1. The van der Waals surface area contributed by atoms with Crippen molar-refractivity contribution in [2.45, 2.75) is 6.92 Å². The van der Waals surface area contributed by atoms with Gasteiger partial charge in [-0.3, -0.25) is 0 Å². The van der Waals surface area contributed by atoms with Gasteiger partial charge in [-0.15, -0.1) is 0 Å². The molecule has 0 aliphatic rings. The van der Waals surface area contributed by atoms with Gasteiger partial charge in [0.15, 0.2) is 35.4 Å². The number of pyridine rings is 2. The first-order valence-corrected chi connectivity index (χ1v) is 7.89. The van der Waals surface area contributed by atoms with Crippen molar-refractivity contribution in [3.63, 3.8) is 0 Å². The highest BCUT2D eigenvalue weighted by Crippen LogP contribution is 2.38. The molecule has 0 saturated carbocycles. The topological polar surface area (TPSA) is 63.0 Å². The minimum Gasteiger partial charge on any atom is -1.00 e. The molecule has 2 aromatic carbocycles. The van der Waals surface area contributed by atoms with Crippen LogP contribution in [0.5, 0.6) is 23.0 Å². The van der Waals surface area contributed by atoms with Crippen molar-refractivity contribution < 1.29 is 41.1 Å². The molecular weight excluding hydrogens is 398 g/mol. The molecule has 0 radical (unpaired) electrons. The number of phenolic OH excluding ortho intramolecular Hbond substituents is 2. The Kier molecular flexibility index (Phi) is 4.54. The first-order chi connectivity index (χ1) is 12.0. The van der Waals surface area contributed by atoms with Gasteiger partial charge in [0, 0.05) is 17.7 Å². The van der Waals surface area contributed by atoms with E-state index in [2.05, 4.69) is 0 Å². The molecule has 0 amide bonds. The maximum atomic E-state index is 10.4. The van der Waals surface area contributed by atoms with Crippen LogP contribution in [0.3, 0.4) is 0 Å². The van der Waals surface area contributed by atoms with E-state index < -0.39 is 0 Å². The minimum absolute atomic E-state index is 0. The monoisotopic (exact) mass is 415 g/mol. The van der Waals surface area contributed by atoms with Gasteiger partial charge in [-0.05, 0) is 35.9 Å². The van der Waals surface area contributed by atoms with Crippen molar-refractivity contribution in [3.8, 4) is 23.0 Å². The van der Waals surface area contributed by atoms with Crippen molar-refractivity contribution in [2.24, 2.45) is 0 Å². The standard InChI is InChI=1S/C20H17NO4.BrH/c1-11-18-13(9-16(22)20(11)25-3)6-7-21-10-14-12(8-15(18)21)4-5-17(24-2)19(14)23;/h4-10H,1-3H3,(H,22,23);1H. The average Bonchev–Trinajstić information content (AvgIpc) is 2.60. The van der Waals surface area contributed by atoms with Gasteiger partial charge in [0.25, 0.3) is 0 Å². The summed E-state index contributed by atoms with van der Waals surface area (Å²) in [7, 11) is 3.08. The number of ether oxygens (including phenoxy) is 2. The van der Waals surface area contributed by atoms with Crippen LogP contribution in [0.15, 0.2) is 42.7 Å². The van der Waals surface area contributed by atoms with Crippen molar-refractivity contribution in [1.82, 2.24) is 0 Å². The van der Waals surface area contributed by atoms with Gasteiger partial charge in [0.2, 0.25) is 5.52 Å². The number of nitrogens with zero attached hydrogens (tertiary/aromatic N) is 1. The first kappa shape index (κ1) is 18.1. The number of hydrogen-bond donors (Lipinski definition) is 2. The van der Waals surface area contributed by atoms with E-state index in [1.54, 1.807) is 19.2 Å². The van der Waals surface area contributed by atoms with E-state index in [0.717, 1.165) is 27.2 Å². The number of phenols is 2. The molecule has 0 unspecified atom stereocenters. The molecule has 26 heavy (non-hydrogen) atoms. The molecule has 2 aromatic heterocycles. The van der Waals surface area contributed by atoms with Crippen molar-refractivity contribution in [2.75, 3.05) is 14.2 Å². The maximum Gasteiger partial charge on any atom is 0.219 e. The minimum atomic E-state index is 0. The van der Waals surface area contributed by atoms with Gasteiger partial charge < -0.3 is 36.7 Å². The lowest BCUT2D eigenvalue weighted by molar-refractivity contribution is -0.509. The molecule has 0 saturated heterocycles. The molecular formula is C20H18BrNO4. The normalized spacial score (nSPS) is 10.9. The summed E-state index contributed by atoms with van der Waals surface area (Å²) in [6.45, 7) is 1.93. The van der Waals surface area contributed by atoms with Crippen molar-refractivity contribution >= 4 is 27.1 Å². The predicted octanol–water partition coefficient (Wildman–Crippen LogP) is 0.473. The van der Waals surface area contributed by atoms with Crippen LogP contribution in [-0.2, 0) is 0 Å². The highest BCUT2D eigenvalue weighted by atomic mass is 79.9. The second-order valence-corrected chi connectivity index (χ2v) is 6.02. The van der Waals surface area contributed by atoms with E-state index >= 15 is 0 Å². The van der Waals surface area contributed by atoms with Gasteiger partial charge in [-0.2, -0.15) is 4.40 Å². The van der Waals surface area contributed by atoms with Crippen LogP contribution < -0.4 is 30.9 Å². The Morgan fingerprint density at radius 1 is 0.962 bits per heavy atom. The highest BCUT2D eigenvalue weighted by molar-refractivity contribution is 6.02. The molecule has 0 aliphatic carbocycles. The second-order valence-electron chi connectivity index (χ2n) is 6.02. The van der Waals surface area contributed by atoms with Crippen LogP contribution in [0.25, 0.3) is 27.1 Å². The van der Waals surface area contributed by atoms with Gasteiger partial charge in [-0.25, -0.2) is 0 Å². The summed E-state index contributed by atoms with van der Waals surface area (Å²) in [5.74, 6) is 1.16. The lowest BCUT2D eigenvalue weighted by Crippen LogP contribution is -3.00. The molecule has 4 rings (SSSR count). The summed E-state index contributed by atoms with van der Waals surface area (Å²) in [6, 6.07) is 9.31. The number of hydrogen-bond acceptors (Lipinski definition) is 4. The summed E-state index contributed by atoms with van der Waals surface area (Å²) in [6.07, 6.45) is 3.78. The third kappa shape index (κ3) is 2.49. The number of benzene rings is 2. The molecule has 0 fully saturated rings. The lowest BCUT2D eigenvalue weighted by atomic mass is 10.0. The summed E-state index contributed by atoms with van der Waals surface area (Å²) in [5, 5.41) is 24.1. The molecule has 2 N–H and O–H groups in total. The zero-order valence-corrected chi connectivity index (χ0v) is 16.2. The molecule has 0 spiro atoms. The Balaban J connectivity index is 0.00000196. The Bertz CT molecular complexity index is 1160. The summed E-state index contributed by atoms with van der Waals surface area (Å²) in [5.41, 5.74) is 1.83. The molecule has 5 nitrogen and oxygen atoms in total. The molecule has 0 aliphatic heterocycles. The fourth-order valence-electron chi connectivity index (χ4n) is 3.48. The summed E-state index contributed by atoms with van der Waals surface area (Å²) < 4.78 is 12.5. The fourth-order valence-corrected chi connectivity index (χ4v) is 3.48. The molecule has 6 heteroatoms. The Labute approximate surface area is 160 Å². The van der Waals surface area contributed by atoms with Crippen molar-refractivity contribution in [3.05, 3.63) is 48.3 Å². The first-order valence-electron chi connectivity index (χ1n) is 7.89. The maximum absolute atomic E-state index is 10.4. The van der Waals surface area contributed by atoms with E-state index in [-0.39, 0.29) is 28.5 Å². The Morgan fingerprint density at radius 3 is 2.42 bits per heavy atom. The van der Waals surface area contributed by atoms with Crippen molar-refractivity contribution in [1.29, 1.82) is 0 Å². The predicted molar refractivity (Wildman–Crippen MR) is 95.8 cm³/mol. The summed E-state index contributed by atoms with van der Waals surface area (Å²) in [4.78, 5) is 0. The number of rotatable bonds is 2. The number of aryl methyl sites for hydroxylation is 1. The molecule has 2 heterocycles. The summed E-state index contributed by atoms with van der Waals surface area (Å²) >= 11 is 0. The molecule has 134 valence electrons. The van der Waals surface area contributed by atoms with E-state index in [1.807, 2.05) is 41.9 Å². The van der Waals surface area contributed by atoms with E-state index in [4.69, 9.17) is 9.47 Å². The molecule has 4 aromatic rings. The molecule has 0 bridgehead atoms. The quantitative estimate of drug-likeness (QED) is 0.284. The largest absolute Gasteiger partial charge is 1.00 e. The van der Waals surface area contributed by atoms with Crippen LogP contribution in [0, 0.1) is 6.92 Å². The lowest BCUT2D eigenvalue weighted by Gasteiger charge is -2.11. The Hall–Kier alpha value is -2.73. The average molecular weight is 416 g/mol. The van der Waals surface area contributed by atoms with E-state index in [1.165, 1.54) is 7.11 Å². The molecule has 0 atom stereocenters. The van der Waals surface area contributed by atoms with Crippen LogP contribution in [-0.4, -0.2) is 24.4 Å². The smallest absolute Gasteiger partial charge is 0.219 e. The number of fused-ring (bicyclic) bond motifs is 4. The van der Waals surface area contributed by atoms with Crippen LogP contribution in [0.1, 0.15) is 5.56 Å². The van der Waals surface area contributed by atoms with Gasteiger partial charge in [-0.1, -0.05) is 0 Å². The van der Waals surface area contributed by atoms with Crippen LogP contribution in [0.4, 0.5) is 0 Å². The third-order valence-corrected chi connectivity index (χ3v) is 4.68. The zero-order chi connectivity index (χ0) is 17.7. The number of aromatic nitrogens is 1. The van der Waals surface area contributed by atoms with Gasteiger partial charge in [0.1, 0.15) is 0 Å². The SMILES string of the molecule is COc1ccc2cc3c4c(C)c(OC)c(O)cc4cc[n+]3cc2c1O.[Br-]. The Morgan fingerprint density at radius 2 is 1.73 bits per heavy atom. The highest BCUT2D eigenvalue weighted by Gasteiger charge is 2.19.